The molecule has 2 aliphatic rings. The van der Waals surface area contributed by atoms with Crippen molar-refractivity contribution in [3.63, 3.8) is 0 Å². The van der Waals surface area contributed by atoms with Gasteiger partial charge in [0.05, 0.1) is 26.4 Å². The largest absolute Gasteiger partial charge is 0.381 e. The van der Waals surface area contributed by atoms with E-state index in [1.807, 2.05) is 24.3 Å². The average Bonchev–Trinajstić information content (AvgIpc) is 3.31. The number of carbonyl (C=O) groups excluding carboxylic acids is 1. The van der Waals surface area contributed by atoms with E-state index in [1.54, 1.807) is 12.3 Å². The molecule has 2 aromatic rings. The van der Waals surface area contributed by atoms with Crippen LogP contribution in [0.3, 0.4) is 0 Å². The van der Waals surface area contributed by atoms with Crippen LogP contribution in [0, 0.1) is 5.92 Å². The molecule has 0 bridgehead atoms. The molecule has 2 amide bonds. The van der Waals surface area contributed by atoms with Crippen LogP contribution in [-0.2, 0) is 16.0 Å². The lowest BCUT2D eigenvalue weighted by Gasteiger charge is -2.37. The molecule has 2 fully saturated rings. The van der Waals surface area contributed by atoms with Gasteiger partial charge >= 0.3 is 11.7 Å². The van der Waals surface area contributed by atoms with Gasteiger partial charge < -0.3 is 20.1 Å². The van der Waals surface area contributed by atoms with E-state index in [0.29, 0.717) is 24.7 Å². The number of morpholine rings is 1. The van der Waals surface area contributed by atoms with Gasteiger partial charge in [-0.2, -0.15) is 0 Å². The zero-order chi connectivity index (χ0) is 21.5. The number of nitrogens with one attached hydrogen (secondary N) is 2. The van der Waals surface area contributed by atoms with Crippen LogP contribution in [0.15, 0.2) is 47.5 Å². The molecule has 1 aromatic heterocycles. The van der Waals surface area contributed by atoms with Gasteiger partial charge in [0, 0.05) is 56.3 Å². The van der Waals surface area contributed by atoms with Crippen molar-refractivity contribution in [1.82, 2.24) is 19.8 Å². The zero-order valence-corrected chi connectivity index (χ0v) is 17.5. The summed E-state index contributed by atoms with van der Waals surface area (Å²) in [7, 11) is 0. The second-order valence-corrected chi connectivity index (χ2v) is 7.90. The molecule has 1 aromatic carbocycles. The Kier molecular flexibility index (Phi) is 7.29. The van der Waals surface area contributed by atoms with E-state index >= 15 is 0 Å². The molecule has 31 heavy (non-hydrogen) atoms. The Morgan fingerprint density at radius 2 is 2.06 bits per heavy atom. The fourth-order valence-electron chi connectivity index (χ4n) is 4.18. The highest BCUT2D eigenvalue weighted by Crippen LogP contribution is 2.22. The fraction of sp³-hybridized carbons (Fsp3) is 0.500. The molecule has 0 saturated carbocycles. The Morgan fingerprint density at radius 1 is 1.19 bits per heavy atom. The third-order valence-electron chi connectivity index (χ3n) is 5.82. The van der Waals surface area contributed by atoms with Crippen molar-refractivity contribution in [2.45, 2.75) is 19.0 Å². The van der Waals surface area contributed by atoms with Gasteiger partial charge in [0.2, 0.25) is 0 Å². The first kappa shape index (κ1) is 21.5. The number of aromatic nitrogens is 2. The summed E-state index contributed by atoms with van der Waals surface area (Å²) >= 11 is 0. The van der Waals surface area contributed by atoms with Crippen molar-refractivity contribution >= 4 is 11.7 Å². The first-order chi connectivity index (χ1) is 15.2. The maximum Gasteiger partial charge on any atom is 0.347 e. The molecule has 2 saturated heterocycles. The number of amides is 2. The lowest BCUT2D eigenvalue weighted by molar-refractivity contribution is 0.00222. The minimum absolute atomic E-state index is 0.237. The van der Waals surface area contributed by atoms with Gasteiger partial charge in [-0.3, -0.25) is 9.47 Å². The summed E-state index contributed by atoms with van der Waals surface area (Å²) in [5.41, 5.74) is 1.28. The first-order valence-electron chi connectivity index (χ1n) is 10.7. The lowest BCUT2D eigenvalue weighted by atomic mass is 9.97. The van der Waals surface area contributed by atoms with Crippen LogP contribution >= 0.6 is 0 Å². The van der Waals surface area contributed by atoms with E-state index in [2.05, 4.69) is 20.5 Å². The third-order valence-corrected chi connectivity index (χ3v) is 5.82. The molecule has 2 aliphatic heterocycles. The summed E-state index contributed by atoms with van der Waals surface area (Å²) in [5, 5.41) is 5.93. The molecule has 0 radical (unpaired) electrons. The summed E-state index contributed by atoms with van der Waals surface area (Å²) in [5.74, 6) is 0.416. The molecule has 0 spiro atoms. The molecule has 9 heteroatoms. The highest BCUT2D eigenvalue weighted by molar-refractivity contribution is 5.89. The molecular formula is C22H29N5O4. The van der Waals surface area contributed by atoms with Gasteiger partial charge in [-0.1, -0.05) is 12.1 Å². The number of anilines is 1. The Morgan fingerprint density at radius 3 is 2.84 bits per heavy atom. The Bertz CT molecular complexity index is 922. The van der Waals surface area contributed by atoms with E-state index in [9.17, 15) is 9.59 Å². The average molecular weight is 428 g/mol. The normalized spacial score (nSPS) is 20.3. The Balaban J connectivity index is 1.34. The molecule has 3 heterocycles. The molecule has 2 N–H and O–H groups in total. The van der Waals surface area contributed by atoms with Crippen LogP contribution in [0.2, 0.25) is 0 Å². The quantitative estimate of drug-likeness (QED) is 0.688. The number of ether oxygens (including phenoxy) is 2. The zero-order valence-electron chi connectivity index (χ0n) is 17.5. The SMILES string of the molecule is O=C(NCC(C1CCOC1)N1CCOCC1)Nc1cccc(Cn2cccnc2=O)c1. The predicted molar refractivity (Wildman–Crippen MR) is 116 cm³/mol. The summed E-state index contributed by atoms with van der Waals surface area (Å²) in [4.78, 5) is 30.6. The fourth-order valence-corrected chi connectivity index (χ4v) is 4.18. The standard InChI is InChI=1S/C22H29N5O4/c28-21(24-14-20(18-5-10-31-16-18)26-8-11-30-12-9-26)25-19-4-1-3-17(13-19)15-27-7-2-6-23-22(27)29/h1-4,6-7,13,18,20H,5,8-12,14-16H2,(H2,24,25,28). The van der Waals surface area contributed by atoms with Gasteiger partial charge in [0.15, 0.2) is 0 Å². The van der Waals surface area contributed by atoms with E-state index < -0.39 is 0 Å². The monoisotopic (exact) mass is 427 g/mol. The van der Waals surface area contributed by atoms with Crippen molar-refractivity contribution in [3.05, 3.63) is 58.8 Å². The van der Waals surface area contributed by atoms with Gasteiger partial charge in [-0.25, -0.2) is 14.6 Å². The third kappa shape index (κ3) is 5.90. The van der Waals surface area contributed by atoms with E-state index in [0.717, 1.165) is 51.5 Å². The van der Waals surface area contributed by atoms with Crippen molar-refractivity contribution in [2.24, 2.45) is 5.92 Å². The van der Waals surface area contributed by atoms with Crippen LogP contribution in [0.25, 0.3) is 0 Å². The molecule has 4 rings (SSSR count). The summed E-state index contributed by atoms with van der Waals surface area (Å²) < 4.78 is 12.6. The van der Waals surface area contributed by atoms with Gasteiger partial charge in [-0.05, 0) is 30.2 Å². The van der Waals surface area contributed by atoms with Crippen LogP contribution in [0.1, 0.15) is 12.0 Å². The Hall–Kier alpha value is -2.75. The molecule has 9 nitrogen and oxygen atoms in total. The van der Waals surface area contributed by atoms with Crippen LogP contribution < -0.4 is 16.3 Å². The van der Waals surface area contributed by atoms with Crippen molar-refractivity contribution in [2.75, 3.05) is 51.4 Å². The first-order valence-corrected chi connectivity index (χ1v) is 10.7. The van der Waals surface area contributed by atoms with Crippen molar-refractivity contribution in [3.8, 4) is 0 Å². The maximum absolute atomic E-state index is 12.6. The summed E-state index contributed by atoms with van der Waals surface area (Å²) in [6.45, 7) is 5.67. The number of carbonyl (C=O) groups is 1. The minimum Gasteiger partial charge on any atom is -0.381 e. The highest BCUT2D eigenvalue weighted by atomic mass is 16.5. The minimum atomic E-state index is -0.302. The second-order valence-electron chi connectivity index (χ2n) is 7.90. The summed E-state index contributed by atoms with van der Waals surface area (Å²) in [6.07, 6.45) is 4.19. The van der Waals surface area contributed by atoms with E-state index in [-0.39, 0.29) is 17.8 Å². The van der Waals surface area contributed by atoms with Gasteiger partial charge in [0.1, 0.15) is 0 Å². The maximum atomic E-state index is 12.6. The molecular weight excluding hydrogens is 398 g/mol. The molecule has 2 atom stereocenters. The second kappa shape index (κ2) is 10.5. The predicted octanol–water partition coefficient (Wildman–Crippen LogP) is 1.15. The van der Waals surface area contributed by atoms with E-state index in [1.165, 1.54) is 10.8 Å². The number of hydrogen-bond acceptors (Lipinski definition) is 6. The highest BCUT2D eigenvalue weighted by Gasteiger charge is 2.31. The van der Waals surface area contributed by atoms with Crippen LogP contribution in [-0.4, -0.2) is 72.6 Å². The number of benzene rings is 1. The van der Waals surface area contributed by atoms with Crippen molar-refractivity contribution < 1.29 is 14.3 Å². The number of hydrogen-bond donors (Lipinski definition) is 2. The van der Waals surface area contributed by atoms with Crippen LogP contribution in [0.5, 0.6) is 0 Å². The lowest BCUT2D eigenvalue weighted by Crippen LogP contribution is -2.52. The van der Waals surface area contributed by atoms with Crippen molar-refractivity contribution in [1.29, 1.82) is 0 Å². The topological polar surface area (TPSA) is 97.7 Å². The smallest absolute Gasteiger partial charge is 0.347 e. The van der Waals surface area contributed by atoms with E-state index in [4.69, 9.17) is 9.47 Å². The summed E-state index contributed by atoms with van der Waals surface area (Å²) in [6, 6.07) is 9.18. The number of rotatable bonds is 7. The Labute approximate surface area is 181 Å². The van der Waals surface area contributed by atoms with Gasteiger partial charge in [-0.15, -0.1) is 0 Å². The number of urea groups is 1. The molecule has 0 aliphatic carbocycles. The molecule has 2 unspecified atom stereocenters. The molecule has 166 valence electrons. The number of nitrogens with zero attached hydrogens (tertiary/aromatic N) is 3. The van der Waals surface area contributed by atoms with Crippen LogP contribution in [0.4, 0.5) is 10.5 Å². The van der Waals surface area contributed by atoms with Gasteiger partial charge in [0.25, 0.3) is 0 Å².